The smallest absolute Gasteiger partial charge is 0.411 e. The van der Waals surface area contributed by atoms with Gasteiger partial charge in [0.25, 0.3) is 0 Å². The first-order chi connectivity index (χ1) is 14.6. The fraction of sp³-hybridized carbons (Fsp3) is 0.429. The van der Waals surface area contributed by atoms with Crippen LogP contribution in [0.25, 0.3) is 6.08 Å². The van der Waals surface area contributed by atoms with Crippen molar-refractivity contribution in [2.24, 2.45) is 0 Å². The summed E-state index contributed by atoms with van der Waals surface area (Å²) in [7, 11) is 1.50. The average Bonchev–Trinajstić information content (AvgIpc) is 3.01. The fourth-order valence-electron chi connectivity index (χ4n) is 2.62. The maximum atomic E-state index is 12.1. The van der Waals surface area contributed by atoms with Crippen molar-refractivity contribution < 1.29 is 36.7 Å². The molecule has 1 heterocycles. The van der Waals surface area contributed by atoms with Crippen LogP contribution in [0.1, 0.15) is 29.5 Å². The second-order valence-corrected chi connectivity index (χ2v) is 6.87. The molecule has 0 saturated heterocycles. The van der Waals surface area contributed by atoms with Crippen LogP contribution in [0.15, 0.2) is 28.8 Å². The number of alkyl halides is 3. The number of nitrogens with zero attached hydrogens (tertiary/aromatic N) is 1. The SMILES string of the molecule is COc1cc(/C=C/C(=O)NC(C)COCC(F)(F)F)ccc1OCc1c(C)noc1C. The molecule has 0 bridgehead atoms. The van der Waals surface area contributed by atoms with Crippen molar-refractivity contribution in [2.75, 3.05) is 20.3 Å². The largest absolute Gasteiger partial charge is 0.493 e. The van der Waals surface area contributed by atoms with Gasteiger partial charge in [0.15, 0.2) is 11.5 Å². The van der Waals surface area contributed by atoms with Crippen LogP contribution in [0.3, 0.4) is 0 Å². The third-order valence-electron chi connectivity index (χ3n) is 4.19. The van der Waals surface area contributed by atoms with Gasteiger partial charge < -0.3 is 24.1 Å². The van der Waals surface area contributed by atoms with Crippen LogP contribution in [0.2, 0.25) is 0 Å². The molecule has 1 amide bonds. The van der Waals surface area contributed by atoms with Gasteiger partial charge in [-0.15, -0.1) is 0 Å². The van der Waals surface area contributed by atoms with E-state index in [4.69, 9.17) is 14.0 Å². The van der Waals surface area contributed by atoms with Crippen molar-refractivity contribution >= 4 is 12.0 Å². The van der Waals surface area contributed by atoms with Crippen LogP contribution in [-0.4, -0.2) is 43.6 Å². The van der Waals surface area contributed by atoms with Gasteiger partial charge in [0.05, 0.1) is 25.0 Å². The Hall–Kier alpha value is -3.01. The van der Waals surface area contributed by atoms with E-state index in [1.165, 1.54) is 13.2 Å². The van der Waals surface area contributed by atoms with E-state index in [1.807, 2.05) is 6.92 Å². The van der Waals surface area contributed by atoms with Gasteiger partial charge in [-0.1, -0.05) is 11.2 Å². The first kappa shape index (κ1) is 24.3. The number of hydrogen-bond acceptors (Lipinski definition) is 6. The predicted molar refractivity (Wildman–Crippen MR) is 107 cm³/mol. The topological polar surface area (TPSA) is 82.8 Å². The molecular formula is C21H25F3N2O5. The van der Waals surface area contributed by atoms with Gasteiger partial charge in [-0.2, -0.15) is 13.2 Å². The summed E-state index contributed by atoms with van der Waals surface area (Å²) in [6, 6.07) is 4.57. The number of aryl methyl sites for hydroxylation is 2. The monoisotopic (exact) mass is 442 g/mol. The molecule has 0 aliphatic rings. The van der Waals surface area contributed by atoms with Gasteiger partial charge in [-0.25, -0.2) is 0 Å². The molecule has 31 heavy (non-hydrogen) atoms. The summed E-state index contributed by atoms with van der Waals surface area (Å²) in [5, 5.41) is 6.42. The van der Waals surface area contributed by atoms with Crippen LogP contribution in [0.4, 0.5) is 13.2 Å². The molecule has 170 valence electrons. The van der Waals surface area contributed by atoms with Crippen molar-refractivity contribution in [1.82, 2.24) is 10.5 Å². The number of rotatable bonds is 10. The third-order valence-corrected chi connectivity index (χ3v) is 4.19. The maximum absolute atomic E-state index is 12.1. The second kappa shape index (κ2) is 10.9. The molecular weight excluding hydrogens is 417 g/mol. The number of nitrogens with one attached hydrogen (secondary N) is 1. The minimum absolute atomic E-state index is 0.246. The molecule has 1 aromatic heterocycles. The molecule has 0 radical (unpaired) electrons. The maximum Gasteiger partial charge on any atom is 0.411 e. The van der Waals surface area contributed by atoms with Gasteiger partial charge in [-0.05, 0) is 44.5 Å². The van der Waals surface area contributed by atoms with E-state index in [2.05, 4.69) is 15.2 Å². The van der Waals surface area contributed by atoms with Crippen LogP contribution in [-0.2, 0) is 16.1 Å². The van der Waals surface area contributed by atoms with Crippen LogP contribution in [0.5, 0.6) is 11.5 Å². The van der Waals surface area contributed by atoms with Crippen molar-refractivity contribution in [3.8, 4) is 11.5 Å². The van der Waals surface area contributed by atoms with Gasteiger partial charge in [-0.3, -0.25) is 4.79 Å². The van der Waals surface area contributed by atoms with Crippen molar-refractivity contribution in [3.05, 3.63) is 46.9 Å². The summed E-state index contributed by atoms with van der Waals surface area (Å²) in [5.74, 6) is 1.21. The van der Waals surface area contributed by atoms with E-state index in [1.54, 1.807) is 38.1 Å². The molecule has 2 aromatic rings. The highest BCUT2D eigenvalue weighted by Crippen LogP contribution is 2.30. The summed E-state index contributed by atoms with van der Waals surface area (Å²) in [6.45, 7) is 3.85. The molecule has 7 nitrogen and oxygen atoms in total. The Bertz CT molecular complexity index is 889. The third kappa shape index (κ3) is 7.97. The Labute approximate surface area is 178 Å². The highest BCUT2D eigenvalue weighted by Gasteiger charge is 2.27. The van der Waals surface area contributed by atoms with E-state index < -0.39 is 24.7 Å². The lowest BCUT2D eigenvalue weighted by atomic mass is 10.1. The Morgan fingerprint density at radius 3 is 2.65 bits per heavy atom. The predicted octanol–water partition coefficient (Wildman–Crippen LogP) is 3.98. The molecule has 0 spiro atoms. The number of hydrogen-bond donors (Lipinski definition) is 1. The number of amides is 1. The number of ether oxygens (including phenoxy) is 3. The summed E-state index contributed by atoms with van der Waals surface area (Å²) < 4.78 is 57.0. The molecule has 0 aliphatic carbocycles. The standard InChI is InChI=1S/C21H25F3N2O5/c1-13(10-29-12-21(22,23)24)25-20(27)8-6-16-5-7-18(19(9-16)28-4)30-11-17-14(2)26-31-15(17)3/h5-9,13H,10-12H2,1-4H3,(H,25,27)/b8-6+. The lowest BCUT2D eigenvalue weighted by molar-refractivity contribution is -0.175. The minimum Gasteiger partial charge on any atom is -0.493 e. The zero-order valence-electron chi connectivity index (χ0n) is 17.7. The summed E-state index contributed by atoms with van der Waals surface area (Å²) in [6.07, 6.45) is -1.57. The number of halogens is 3. The quantitative estimate of drug-likeness (QED) is 0.561. The number of carbonyl (C=O) groups is 1. The Morgan fingerprint density at radius 1 is 1.29 bits per heavy atom. The Kier molecular flexibility index (Phi) is 8.49. The highest BCUT2D eigenvalue weighted by atomic mass is 19.4. The molecule has 2 rings (SSSR count). The zero-order valence-corrected chi connectivity index (χ0v) is 17.7. The molecule has 1 unspecified atom stereocenters. The molecule has 0 saturated carbocycles. The molecule has 1 aromatic carbocycles. The highest BCUT2D eigenvalue weighted by molar-refractivity contribution is 5.92. The average molecular weight is 442 g/mol. The van der Waals surface area contributed by atoms with E-state index >= 15 is 0 Å². The van der Waals surface area contributed by atoms with E-state index in [9.17, 15) is 18.0 Å². The Balaban J connectivity index is 1.91. The molecule has 1 N–H and O–H groups in total. The fourth-order valence-corrected chi connectivity index (χ4v) is 2.62. The number of methoxy groups -OCH3 is 1. The molecule has 1 atom stereocenters. The number of aromatic nitrogens is 1. The van der Waals surface area contributed by atoms with Gasteiger partial charge >= 0.3 is 6.18 Å². The Morgan fingerprint density at radius 2 is 2.03 bits per heavy atom. The second-order valence-electron chi connectivity index (χ2n) is 6.87. The summed E-state index contributed by atoms with van der Waals surface area (Å²) in [4.78, 5) is 12.0. The normalized spacial score (nSPS) is 12.7. The lowest BCUT2D eigenvalue weighted by Gasteiger charge is -2.14. The van der Waals surface area contributed by atoms with Crippen LogP contribution < -0.4 is 14.8 Å². The van der Waals surface area contributed by atoms with E-state index in [0.29, 0.717) is 22.8 Å². The summed E-state index contributed by atoms with van der Waals surface area (Å²) >= 11 is 0. The van der Waals surface area contributed by atoms with Gasteiger partial charge in [0.1, 0.15) is 19.0 Å². The van der Waals surface area contributed by atoms with Gasteiger partial charge in [0.2, 0.25) is 5.91 Å². The van der Waals surface area contributed by atoms with Crippen molar-refractivity contribution in [1.29, 1.82) is 0 Å². The van der Waals surface area contributed by atoms with Crippen molar-refractivity contribution in [2.45, 2.75) is 39.6 Å². The van der Waals surface area contributed by atoms with Crippen LogP contribution >= 0.6 is 0 Å². The number of benzene rings is 1. The van der Waals surface area contributed by atoms with E-state index in [0.717, 1.165) is 11.3 Å². The summed E-state index contributed by atoms with van der Waals surface area (Å²) in [5.41, 5.74) is 2.29. The van der Waals surface area contributed by atoms with Crippen molar-refractivity contribution in [3.63, 3.8) is 0 Å². The lowest BCUT2D eigenvalue weighted by Crippen LogP contribution is -2.35. The molecule has 10 heteroatoms. The molecule has 0 aliphatic heterocycles. The molecule has 0 fully saturated rings. The van der Waals surface area contributed by atoms with E-state index in [-0.39, 0.29) is 13.2 Å². The minimum atomic E-state index is -4.40. The first-order valence-electron chi connectivity index (χ1n) is 9.44. The van der Waals surface area contributed by atoms with Crippen LogP contribution in [0, 0.1) is 13.8 Å². The first-order valence-corrected chi connectivity index (χ1v) is 9.44. The van der Waals surface area contributed by atoms with Gasteiger partial charge in [0, 0.05) is 12.1 Å². The zero-order chi connectivity index (χ0) is 23.0. The number of carbonyl (C=O) groups excluding carboxylic acids is 1.